The fraction of sp³-hybridized carbons (Fsp3) is 0.500. The molecule has 1 heterocycles. The van der Waals surface area contributed by atoms with Crippen LogP contribution in [0.25, 0.3) is 11.3 Å². The van der Waals surface area contributed by atoms with E-state index in [9.17, 15) is 13.2 Å². The summed E-state index contributed by atoms with van der Waals surface area (Å²) in [6.07, 6.45) is -3.39. The van der Waals surface area contributed by atoms with E-state index in [2.05, 4.69) is 31.2 Å². The number of rotatable bonds is 5. The third-order valence-electron chi connectivity index (χ3n) is 3.77. The summed E-state index contributed by atoms with van der Waals surface area (Å²) in [5, 5.41) is 7.64. The number of aryl methyl sites for hydroxylation is 1. The number of hydrogen-bond acceptors (Lipinski definition) is 2. The van der Waals surface area contributed by atoms with Crippen molar-refractivity contribution >= 4 is 0 Å². The first kappa shape index (κ1) is 18.5. The number of nitrogens with one attached hydrogen (secondary N) is 1. The van der Waals surface area contributed by atoms with Crippen LogP contribution >= 0.6 is 0 Å². The second kappa shape index (κ2) is 6.97. The van der Waals surface area contributed by atoms with Crippen molar-refractivity contribution in [2.75, 3.05) is 7.05 Å². The molecule has 1 N–H and O–H groups in total. The van der Waals surface area contributed by atoms with Crippen LogP contribution in [0.5, 0.6) is 0 Å². The molecule has 0 aliphatic heterocycles. The van der Waals surface area contributed by atoms with Crippen molar-refractivity contribution in [3.8, 4) is 11.3 Å². The summed E-state index contributed by atoms with van der Waals surface area (Å²) in [5.74, 6) is 0. The van der Waals surface area contributed by atoms with Crippen molar-refractivity contribution in [2.24, 2.45) is 5.41 Å². The molecule has 0 unspecified atom stereocenters. The van der Waals surface area contributed by atoms with Gasteiger partial charge in [0.2, 0.25) is 0 Å². The highest BCUT2D eigenvalue weighted by Crippen LogP contribution is 2.31. The summed E-state index contributed by atoms with van der Waals surface area (Å²) in [6, 6.07) is 7.19. The molecular formula is C18H24F3N3. The molecule has 3 nitrogen and oxygen atoms in total. The monoisotopic (exact) mass is 339 g/mol. The van der Waals surface area contributed by atoms with Gasteiger partial charge in [-0.15, -0.1) is 0 Å². The van der Waals surface area contributed by atoms with E-state index in [0.717, 1.165) is 42.0 Å². The fourth-order valence-electron chi connectivity index (χ4n) is 2.41. The number of halogens is 3. The van der Waals surface area contributed by atoms with Crippen molar-refractivity contribution in [3.63, 3.8) is 0 Å². The van der Waals surface area contributed by atoms with Crippen molar-refractivity contribution in [1.29, 1.82) is 0 Å². The van der Waals surface area contributed by atoms with Gasteiger partial charge >= 0.3 is 6.18 Å². The lowest BCUT2D eigenvalue weighted by molar-refractivity contribution is -0.137. The van der Waals surface area contributed by atoms with E-state index in [4.69, 9.17) is 0 Å². The summed E-state index contributed by atoms with van der Waals surface area (Å²) >= 11 is 0. The minimum atomic E-state index is -4.32. The van der Waals surface area contributed by atoms with E-state index in [1.807, 2.05) is 17.8 Å². The molecule has 0 saturated carbocycles. The molecule has 0 fully saturated rings. The number of aromatic nitrogens is 2. The van der Waals surface area contributed by atoms with Crippen molar-refractivity contribution in [3.05, 3.63) is 41.6 Å². The summed E-state index contributed by atoms with van der Waals surface area (Å²) in [7, 11) is 1.84. The number of alkyl halides is 3. The fourth-order valence-corrected chi connectivity index (χ4v) is 2.41. The van der Waals surface area contributed by atoms with E-state index in [-0.39, 0.29) is 5.41 Å². The van der Waals surface area contributed by atoms with Gasteiger partial charge < -0.3 is 5.32 Å². The van der Waals surface area contributed by atoms with Crippen molar-refractivity contribution in [1.82, 2.24) is 15.1 Å². The first-order valence-electron chi connectivity index (χ1n) is 7.99. The maximum absolute atomic E-state index is 12.7. The van der Waals surface area contributed by atoms with Gasteiger partial charge in [0, 0.05) is 13.1 Å². The lowest BCUT2D eigenvalue weighted by atomic mass is 9.92. The topological polar surface area (TPSA) is 29.9 Å². The van der Waals surface area contributed by atoms with Gasteiger partial charge in [0.25, 0.3) is 0 Å². The Morgan fingerprint density at radius 3 is 2.21 bits per heavy atom. The van der Waals surface area contributed by atoms with Gasteiger partial charge in [-0.05, 0) is 42.6 Å². The molecule has 2 aromatic rings. The quantitative estimate of drug-likeness (QED) is 0.854. The Morgan fingerprint density at radius 1 is 1.08 bits per heavy atom. The Labute approximate surface area is 140 Å². The van der Waals surface area contributed by atoms with Gasteiger partial charge in [-0.2, -0.15) is 18.3 Å². The number of benzene rings is 1. The van der Waals surface area contributed by atoms with E-state index >= 15 is 0 Å². The van der Waals surface area contributed by atoms with E-state index in [1.165, 1.54) is 12.1 Å². The normalized spacial score (nSPS) is 12.6. The molecule has 24 heavy (non-hydrogen) atoms. The maximum atomic E-state index is 12.7. The van der Waals surface area contributed by atoms with Gasteiger partial charge in [-0.1, -0.05) is 32.9 Å². The minimum absolute atomic E-state index is 0.159. The summed E-state index contributed by atoms with van der Waals surface area (Å²) in [4.78, 5) is 0. The predicted molar refractivity (Wildman–Crippen MR) is 89.5 cm³/mol. The summed E-state index contributed by atoms with van der Waals surface area (Å²) in [6.45, 7) is 7.81. The number of nitrogens with zero attached hydrogens (tertiary/aromatic N) is 2. The van der Waals surface area contributed by atoms with Crippen LogP contribution in [0.3, 0.4) is 0 Å². The Balaban J connectivity index is 2.33. The molecular weight excluding hydrogens is 315 g/mol. The lowest BCUT2D eigenvalue weighted by Crippen LogP contribution is -2.13. The minimum Gasteiger partial charge on any atom is -0.314 e. The summed E-state index contributed by atoms with van der Waals surface area (Å²) < 4.78 is 40.1. The zero-order valence-corrected chi connectivity index (χ0v) is 14.5. The van der Waals surface area contributed by atoms with Crippen molar-refractivity contribution < 1.29 is 13.2 Å². The largest absolute Gasteiger partial charge is 0.416 e. The molecule has 0 atom stereocenters. The number of hydrogen-bond donors (Lipinski definition) is 1. The smallest absolute Gasteiger partial charge is 0.314 e. The Hall–Kier alpha value is -1.82. The van der Waals surface area contributed by atoms with Gasteiger partial charge in [-0.25, -0.2) is 0 Å². The van der Waals surface area contributed by atoms with Crippen LogP contribution in [0, 0.1) is 5.41 Å². The second-order valence-electron chi connectivity index (χ2n) is 7.16. The van der Waals surface area contributed by atoms with Crippen LogP contribution in [0.1, 0.15) is 38.4 Å². The zero-order valence-electron chi connectivity index (χ0n) is 14.5. The molecule has 0 amide bonds. The van der Waals surface area contributed by atoms with Crippen LogP contribution in [0.4, 0.5) is 13.2 Å². The predicted octanol–water partition coefficient (Wildman–Crippen LogP) is 4.72. The van der Waals surface area contributed by atoms with Crippen LogP contribution < -0.4 is 5.32 Å². The highest BCUT2D eigenvalue weighted by molar-refractivity contribution is 5.60. The Kier molecular flexibility index (Phi) is 5.38. The molecule has 1 aromatic heterocycles. The van der Waals surface area contributed by atoms with E-state index < -0.39 is 11.7 Å². The SMILES string of the molecule is CNCc1cc(-c2ccc(C(F)(F)F)cc2)n(CCC(C)(C)C)n1. The molecule has 2 rings (SSSR count). The van der Waals surface area contributed by atoms with Gasteiger partial charge in [0.15, 0.2) is 0 Å². The van der Waals surface area contributed by atoms with Gasteiger partial charge in [0.1, 0.15) is 0 Å². The first-order valence-corrected chi connectivity index (χ1v) is 7.99. The molecule has 6 heteroatoms. The third-order valence-corrected chi connectivity index (χ3v) is 3.77. The lowest BCUT2D eigenvalue weighted by Gasteiger charge is -2.18. The van der Waals surface area contributed by atoms with Crippen LogP contribution in [0.2, 0.25) is 0 Å². The third kappa shape index (κ3) is 4.84. The van der Waals surface area contributed by atoms with E-state index in [0.29, 0.717) is 6.54 Å². The van der Waals surface area contributed by atoms with Gasteiger partial charge in [0.05, 0.1) is 17.0 Å². The molecule has 1 aromatic carbocycles. The first-order chi connectivity index (χ1) is 11.1. The van der Waals surface area contributed by atoms with Crippen LogP contribution in [-0.4, -0.2) is 16.8 Å². The van der Waals surface area contributed by atoms with Crippen molar-refractivity contribution in [2.45, 2.75) is 46.5 Å². The molecule has 0 radical (unpaired) electrons. The van der Waals surface area contributed by atoms with E-state index in [1.54, 1.807) is 0 Å². The van der Waals surface area contributed by atoms with Crippen LogP contribution in [0.15, 0.2) is 30.3 Å². The molecule has 0 aliphatic carbocycles. The van der Waals surface area contributed by atoms with Crippen LogP contribution in [-0.2, 0) is 19.3 Å². The standard InChI is InChI=1S/C18H24F3N3/c1-17(2,3)9-10-24-16(11-15(23-24)12-22-4)13-5-7-14(8-6-13)18(19,20)21/h5-8,11,22H,9-10,12H2,1-4H3. The highest BCUT2D eigenvalue weighted by atomic mass is 19.4. The summed E-state index contributed by atoms with van der Waals surface area (Å²) in [5.41, 5.74) is 1.99. The Bertz CT molecular complexity index is 664. The zero-order chi connectivity index (χ0) is 18.0. The maximum Gasteiger partial charge on any atom is 0.416 e. The molecule has 0 bridgehead atoms. The Morgan fingerprint density at radius 2 is 1.71 bits per heavy atom. The molecule has 0 aliphatic rings. The second-order valence-corrected chi connectivity index (χ2v) is 7.16. The average molecular weight is 339 g/mol. The van der Waals surface area contributed by atoms with Gasteiger partial charge in [-0.3, -0.25) is 4.68 Å². The molecule has 0 spiro atoms. The molecule has 0 saturated heterocycles. The average Bonchev–Trinajstić information content (AvgIpc) is 2.87. The highest BCUT2D eigenvalue weighted by Gasteiger charge is 2.30. The molecule has 132 valence electrons.